The lowest BCUT2D eigenvalue weighted by Gasteiger charge is -2.05. The lowest BCUT2D eigenvalue weighted by atomic mass is 10.2. The average Bonchev–Trinajstić information content (AvgIpc) is 3.09. The van der Waals surface area contributed by atoms with Crippen molar-refractivity contribution >= 4 is 45.7 Å². The molecule has 0 bridgehead atoms. The lowest BCUT2D eigenvalue weighted by Crippen LogP contribution is -2.20. The first kappa shape index (κ1) is 18.7. The number of aromatic nitrogens is 2. The van der Waals surface area contributed by atoms with Crippen LogP contribution in [0, 0.1) is 0 Å². The molecule has 3 rings (SSSR count). The fraction of sp³-hybridized carbons (Fsp3) is 0.167. The third-order valence-corrected chi connectivity index (χ3v) is 5.52. The molecule has 0 saturated heterocycles. The second-order valence-electron chi connectivity index (χ2n) is 5.27. The maximum Gasteiger partial charge on any atom is 0.264 e. The number of benzene rings is 2. The molecule has 2 aromatic carbocycles. The van der Waals surface area contributed by atoms with Gasteiger partial charge < -0.3 is 4.74 Å². The fourth-order valence-corrected chi connectivity index (χ4v) is 3.95. The topological polar surface area (TPSA) is 64.1 Å². The summed E-state index contributed by atoms with van der Waals surface area (Å²) in [4.78, 5) is 11.9. The van der Waals surface area contributed by atoms with E-state index in [-0.39, 0.29) is 12.5 Å². The van der Waals surface area contributed by atoms with Crippen LogP contribution in [-0.4, -0.2) is 22.7 Å². The van der Waals surface area contributed by atoms with E-state index in [0.29, 0.717) is 15.9 Å². The van der Waals surface area contributed by atoms with Crippen LogP contribution in [0.2, 0.25) is 5.02 Å². The van der Waals surface area contributed by atoms with Gasteiger partial charge in [-0.3, -0.25) is 10.1 Å². The van der Waals surface area contributed by atoms with E-state index in [9.17, 15) is 4.79 Å². The Morgan fingerprint density at radius 2 is 1.85 bits per heavy atom. The van der Waals surface area contributed by atoms with Crippen LogP contribution in [0.1, 0.15) is 10.6 Å². The zero-order valence-electron chi connectivity index (χ0n) is 13.7. The quantitative estimate of drug-likeness (QED) is 0.591. The second-order valence-corrected chi connectivity index (χ2v) is 7.75. The summed E-state index contributed by atoms with van der Waals surface area (Å²) in [6.45, 7) is -0.0979. The molecule has 5 nitrogen and oxygen atoms in total. The molecule has 134 valence electrons. The van der Waals surface area contributed by atoms with Crippen LogP contribution in [0.3, 0.4) is 0 Å². The van der Waals surface area contributed by atoms with Crippen LogP contribution in [0.5, 0.6) is 5.75 Å². The van der Waals surface area contributed by atoms with Gasteiger partial charge in [-0.2, -0.15) is 0 Å². The van der Waals surface area contributed by atoms with Gasteiger partial charge in [0.1, 0.15) is 10.8 Å². The molecule has 0 radical (unpaired) electrons. The molecule has 0 aliphatic heterocycles. The number of nitrogens with zero attached hydrogens (tertiary/aromatic N) is 2. The Morgan fingerprint density at radius 1 is 1.08 bits per heavy atom. The Kier molecular flexibility index (Phi) is 6.88. The summed E-state index contributed by atoms with van der Waals surface area (Å²) in [7, 11) is 0. The van der Waals surface area contributed by atoms with E-state index in [4.69, 9.17) is 16.3 Å². The fourth-order valence-electron chi connectivity index (χ4n) is 2.03. The summed E-state index contributed by atoms with van der Waals surface area (Å²) in [5, 5.41) is 12.8. The van der Waals surface area contributed by atoms with Gasteiger partial charge in [-0.05, 0) is 29.8 Å². The number of rotatable bonds is 8. The van der Waals surface area contributed by atoms with E-state index >= 15 is 0 Å². The predicted molar refractivity (Wildman–Crippen MR) is 107 cm³/mol. The number of amides is 1. The molecule has 0 aliphatic rings. The van der Waals surface area contributed by atoms with Gasteiger partial charge in [0.25, 0.3) is 5.91 Å². The molecule has 0 saturated carbocycles. The number of hydrogen-bond acceptors (Lipinski definition) is 6. The summed E-state index contributed by atoms with van der Waals surface area (Å²) < 4.78 is 5.40. The number of carbonyl (C=O) groups is 1. The van der Waals surface area contributed by atoms with Gasteiger partial charge in [-0.1, -0.05) is 53.3 Å². The molecule has 0 unspecified atom stereocenters. The van der Waals surface area contributed by atoms with Crippen molar-refractivity contribution in [1.82, 2.24) is 10.2 Å². The van der Waals surface area contributed by atoms with E-state index in [2.05, 4.69) is 27.6 Å². The first-order chi connectivity index (χ1) is 12.7. The second kappa shape index (κ2) is 9.56. The Bertz CT molecular complexity index is 841. The summed E-state index contributed by atoms with van der Waals surface area (Å²) >= 11 is 8.94. The van der Waals surface area contributed by atoms with Crippen LogP contribution in [0.15, 0.2) is 54.6 Å². The third kappa shape index (κ3) is 6.01. The molecule has 26 heavy (non-hydrogen) atoms. The molecule has 1 amide bonds. The number of thioether (sulfide) groups is 1. The third-order valence-electron chi connectivity index (χ3n) is 3.23. The maximum absolute atomic E-state index is 11.9. The Labute approximate surface area is 164 Å². The Morgan fingerprint density at radius 3 is 2.62 bits per heavy atom. The van der Waals surface area contributed by atoms with Crippen molar-refractivity contribution in [2.24, 2.45) is 0 Å². The van der Waals surface area contributed by atoms with Crippen molar-refractivity contribution in [2.75, 3.05) is 11.9 Å². The van der Waals surface area contributed by atoms with E-state index < -0.39 is 0 Å². The Hall–Kier alpha value is -2.09. The SMILES string of the molecule is O=C(COc1ccc(Cl)cc1)Nc1nnc(CSCc2ccccc2)s1. The average molecular weight is 406 g/mol. The van der Waals surface area contributed by atoms with Crippen molar-refractivity contribution in [3.8, 4) is 5.75 Å². The van der Waals surface area contributed by atoms with Crippen molar-refractivity contribution in [3.63, 3.8) is 0 Å². The lowest BCUT2D eigenvalue weighted by molar-refractivity contribution is -0.118. The van der Waals surface area contributed by atoms with Gasteiger partial charge in [0, 0.05) is 16.5 Å². The summed E-state index contributed by atoms with van der Waals surface area (Å²) in [5.74, 6) is 1.97. The zero-order valence-corrected chi connectivity index (χ0v) is 16.1. The summed E-state index contributed by atoms with van der Waals surface area (Å²) in [6, 6.07) is 17.1. The molecule has 1 heterocycles. The van der Waals surface area contributed by atoms with E-state index in [1.54, 1.807) is 36.0 Å². The standard InChI is InChI=1S/C18H16ClN3O2S2/c19-14-6-8-15(9-7-14)24-10-16(23)20-18-22-21-17(26-18)12-25-11-13-4-2-1-3-5-13/h1-9H,10-12H2,(H,20,22,23). The van der Waals surface area contributed by atoms with Crippen LogP contribution in [0.4, 0.5) is 5.13 Å². The van der Waals surface area contributed by atoms with E-state index in [1.807, 2.05) is 18.2 Å². The number of halogens is 1. The van der Waals surface area contributed by atoms with Gasteiger partial charge in [-0.15, -0.1) is 22.0 Å². The van der Waals surface area contributed by atoms with Crippen molar-refractivity contribution in [3.05, 3.63) is 70.2 Å². The molecule has 0 spiro atoms. The molecule has 1 aromatic heterocycles. The molecular weight excluding hydrogens is 390 g/mol. The van der Waals surface area contributed by atoms with Crippen molar-refractivity contribution in [1.29, 1.82) is 0 Å². The largest absolute Gasteiger partial charge is 0.484 e. The molecule has 8 heteroatoms. The zero-order chi connectivity index (χ0) is 18.2. The highest BCUT2D eigenvalue weighted by Gasteiger charge is 2.09. The van der Waals surface area contributed by atoms with Gasteiger partial charge in [-0.25, -0.2) is 0 Å². The van der Waals surface area contributed by atoms with E-state index in [1.165, 1.54) is 16.9 Å². The first-order valence-corrected chi connectivity index (χ1v) is 10.2. The molecule has 0 fully saturated rings. The highest BCUT2D eigenvalue weighted by molar-refractivity contribution is 7.97. The number of ether oxygens (including phenoxy) is 1. The number of hydrogen-bond donors (Lipinski definition) is 1. The van der Waals surface area contributed by atoms with Gasteiger partial charge in [0.05, 0.1) is 0 Å². The summed E-state index contributed by atoms with van der Waals surface area (Å²) in [5.41, 5.74) is 1.27. The van der Waals surface area contributed by atoms with Crippen molar-refractivity contribution < 1.29 is 9.53 Å². The Balaban J connectivity index is 1.41. The maximum atomic E-state index is 11.9. The van der Waals surface area contributed by atoms with Crippen molar-refractivity contribution in [2.45, 2.75) is 11.5 Å². The van der Waals surface area contributed by atoms with Crippen LogP contribution < -0.4 is 10.1 Å². The molecule has 1 N–H and O–H groups in total. The predicted octanol–water partition coefficient (Wildman–Crippen LogP) is 4.64. The monoisotopic (exact) mass is 405 g/mol. The number of anilines is 1. The molecule has 0 aliphatic carbocycles. The minimum absolute atomic E-state index is 0.0979. The minimum atomic E-state index is -0.278. The minimum Gasteiger partial charge on any atom is -0.484 e. The smallest absolute Gasteiger partial charge is 0.264 e. The first-order valence-electron chi connectivity index (χ1n) is 7.81. The van der Waals surface area contributed by atoms with Crippen LogP contribution >= 0.6 is 34.7 Å². The van der Waals surface area contributed by atoms with E-state index in [0.717, 1.165) is 16.5 Å². The summed E-state index contributed by atoms with van der Waals surface area (Å²) in [6.07, 6.45) is 0. The normalized spacial score (nSPS) is 10.5. The molecule has 0 atom stereocenters. The molecule has 3 aromatic rings. The van der Waals surface area contributed by atoms with Crippen LogP contribution in [-0.2, 0) is 16.3 Å². The molecular formula is C18H16ClN3O2S2. The van der Waals surface area contributed by atoms with Gasteiger partial charge in [0.15, 0.2) is 6.61 Å². The number of nitrogens with one attached hydrogen (secondary N) is 1. The van der Waals surface area contributed by atoms with Gasteiger partial charge >= 0.3 is 0 Å². The van der Waals surface area contributed by atoms with Crippen LogP contribution in [0.25, 0.3) is 0 Å². The highest BCUT2D eigenvalue weighted by Crippen LogP contribution is 2.22. The van der Waals surface area contributed by atoms with Gasteiger partial charge in [0.2, 0.25) is 5.13 Å². The number of carbonyl (C=O) groups excluding carboxylic acids is 1. The highest BCUT2D eigenvalue weighted by atomic mass is 35.5.